The molecule has 0 aliphatic heterocycles. The summed E-state index contributed by atoms with van der Waals surface area (Å²) in [5, 5.41) is 14.9. The van der Waals surface area contributed by atoms with Gasteiger partial charge in [-0.2, -0.15) is 0 Å². The van der Waals surface area contributed by atoms with Gasteiger partial charge in [0.1, 0.15) is 6.61 Å². The number of carbonyl (C=O) groups excluding carboxylic acids is 2. The summed E-state index contributed by atoms with van der Waals surface area (Å²) < 4.78 is 5.64. The lowest BCUT2D eigenvalue weighted by atomic mass is 9.80. The van der Waals surface area contributed by atoms with E-state index in [0.29, 0.717) is 19.3 Å². The van der Waals surface area contributed by atoms with Gasteiger partial charge in [0.25, 0.3) is 0 Å². The minimum atomic E-state index is -0.809. The second-order valence-electron chi connectivity index (χ2n) is 9.33. The molecule has 2 aromatic carbocycles. The molecule has 2 atom stereocenters. The zero-order valence-electron chi connectivity index (χ0n) is 18.3. The summed E-state index contributed by atoms with van der Waals surface area (Å²) >= 11 is 0. The molecule has 3 aliphatic carbocycles. The van der Waals surface area contributed by atoms with E-state index in [4.69, 9.17) is 9.84 Å². The zero-order chi connectivity index (χ0) is 22.9. The van der Waals surface area contributed by atoms with Crippen LogP contribution in [0.25, 0.3) is 11.1 Å². The second kappa shape index (κ2) is 8.89. The number of benzene rings is 2. The monoisotopic (exact) mass is 448 g/mol. The Bertz CT molecular complexity index is 1030. The maximum atomic E-state index is 12.7. The molecule has 33 heavy (non-hydrogen) atoms. The van der Waals surface area contributed by atoms with Gasteiger partial charge in [-0.05, 0) is 47.9 Å². The highest BCUT2D eigenvalue weighted by Gasteiger charge is 2.39. The smallest absolute Gasteiger partial charge is 0.407 e. The quantitative estimate of drug-likeness (QED) is 0.625. The number of nitrogens with one attached hydrogen (secondary N) is 2. The van der Waals surface area contributed by atoms with Crippen molar-refractivity contribution in [3.63, 3.8) is 0 Å². The molecule has 5 rings (SSSR count). The molecule has 0 saturated heterocycles. The largest absolute Gasteiger partial charge is 0.481 e. The first kappa shape index (κ1) is 21.5. The first-order valence-electron chi connectivity index (χ1n) is 11.7. The molecule has 7 nitrogen and oxygen atoms in total. The predicted octanol–water partition coefficient (Wildman–Crippen LogP) is 3.67. The van der Waals surface area contributed by atoms with Gasteiger partial charge < -0.3 is 20.5 Å². The van der Waals surface area contributed by atoms with Gasteiger partial charge in [0.2, 0.25) is 5.91 Å². The van der Waals surface area contributed by atoms with E-state index < -0.39 is 12.1 Å². The van der Waals surface area contributed by atoms with Crippen molar-refractivity contribution in [3.05, 3.63) is 59.7 Å². The van der Waals surface area contributed by atoms with Gasteiger partial charge in [0.15, 0.2) is 0 Å². The van der Waals surface area contributed by atoms with Crippen LogP contribution >= 0.6 is 0 Å². The van der Waals surface area contributed by atoms with Gasteiger partial charge in [0.05, 0.1) is 11.8 Å². The number of amides is 2. The van der Waals surface area contributed by atoms with Crippen molar-refractivity contribution in [1.29, 1.82) is 0 Å². The highest BCUT2D eigenvalue weighted by molar-refractivity contribution is 5.82. The van der Waals surface area contributed by atoms with Crippen LogP contribution in [-0.2, 0) is 14.3 Å². The standard InChI is InChI=1S/C26H28N2O5/c29-24(27-16-12-15(13-16)25(30)31)21-10-5-11-23(21)28-26(32)33-14-22-19-8-3-1-6-17(19)18-7-2-4-9-20(18)22/h1-4,6-9,15-16,21-23H,5,10-14H2,(H,27,29)(H,28,32)(H,30,31). The highest BCUT2D eigenvalue weighted by atomic mass is 16.5. The third-order valence-corrected chi connectivity index (χ3v) is 7.33. The molecule has 0 radical (unpaired) electrons. The van der Waals surface area contributed by atoms with Crippen LogP contribution in [-0.4, -0.2) is 41.8 Å². The summed E-state index contributed by atoms with van der Waals surface area (Å²) in [7, 11) is 0. The number of carboxylic acids is 1. The topological polar surface area (TPSA) is 105 Å². The number of fused-ring (bicyclic) bond motifs is 3. The van der Waals surface area contributed by atoms with Gasteiger partial charge in [-0.15, -0.1) is 0 Å². The molecule has 2 aromatic rings. The molecule has 172 valence electrons. The van der Waals surface area contributed by atoms with Crippen molar-refractivity contribution in [1.82, 2.24) is 10.6 Å². The molecular formula is C26H28N2O5. The number of hydrogen-bond acceptors (Lipinski definition) is 4. The highest BCUT2D eigenvalue weighted by Crippen LogP contribution is 2.44. The van der Waals surface area contributed by atoms with Crippen molar-refractivity contribution < 1.29 is 24.2 Å². The van der Waals surface area contributed by atoms with Crippen molar-refractivity contribution in [2.75, 3.05) is 6.61 Å². The molecule has 2 saturated carbocycles. The molecule has 7 heteroatoms. The maximum absolute atomic E-state index is 12.7. The molecular weight excluding hydrogens is 420 g/mol. The average molecular weight is 449 g/mol. The fourth-order valence-corrected chi connectivity index (χ4v) is 5.48. The summed E-state index contributed by atoms with van der Waals surface area (Å²) in [5.74, 6) is -1.60. The number of hydrogen-bond donors (Lipinski definition) is 3. The van der Waals surface area contributed by atoms with E-state index in [9.17, 15) is 14.4 Å². The lowest BCUT2D eigenvalue weighted by Gasteiger charge is -2.34. The fraction of sp³-hybridized carbons (Fsp3) is 0.423. The fourth-order valence-electron chi connectivity index (χ4n) is 5.48. The first-order valence-corrected chi connectivity index (χ1v) is 11.7. The molecule has 2 amide bonds. The van der Waals surface area contributed by atoms with E-state index in [-0.39, 0.29) is 42.4 Å². The minimum absolute atomic E-state index is 0.00776. The molecule has 3 aliphatic rings. The van der Waals surface area contributed by atoms with Gasteiger partial charge in [-0.3, -0.25) is 9.59 Å². The van der Waals surface area contributed by atoms with Gasteiger partial charge in [-0.1, -0.05) is 55.0 Å². The van der Waals surface area contributed by atoms with Crippen LogP contribution < -0.4 is 10.6 Å². The van der Waals surface area contributed by atoms with Crippen LogP contribution in [0.5, 0.6) is 0 Å². The number of ether oxygens (including phenoxy) is 1. The SMILES string of the molecule is O=C(NC1CCCC1C(=O)NC1CC(C(=O)O)C1)OCC1c2ccccc2-c2ccccc21. The summed E-state index contributed by atoms with van der Waals surface area (Å²) in [4.78, 5) is 36.3. The Hall–Kier alpha value is -3.35. The predicted molar refractivity (Wildman–Crippen MR) is 122 cm³/mol. The number of aliphatic carboxylic acids is 1. The van der Waals surface area contributed by atoms with Crippen molar-refractivity contribution in [2.45, 2.75) is 50.1 Å². The summed E-state index contributed by atoms with van der Waals surface area (Å²) in [5.41, 5.74) is 4.67. The van der Waals surface area contributed by atoms with E-state index in [0.717, 1.165) is 24.0 Å². The number of carbonyl (C=O) groups is 3. The van der Waals surface area contributed by atoms with Crippen LogP contribution in [0, 0.1) is 11.8 Å². The van der Waals surface area contributed by atoms with E-state index in [1.54, 1.807) is 0 Å². The van der Waals surface area contributed by atoms with Crippen LogP contribution in [0.2, 0.25) is 0 Å². The molecule has 0 spiro atoms. The Balaban J connectivity index is 1.16. The van der Waals surface area contributed by atoms with Gasteiger partial charge >= 0.3 is 12.1 Å². The molecule has 3 N–H and O–H groups in total. The van der Waals surface area contributed by atoms with Crippen LogP contribution in [0.4, 0.5) is 4.79 Å². The van der Waals surface area contributed by atoms with Crippen molar-refractivity contribution >= 4 is 18.0 Å². The van der Waals surface area contributed by atoms with Crippen molar-refractivity contribution in [2.24, 2.45) is 11.8 Å². The summed E-state index contributed by atoms with van der Waals surface area (Å²) in [6.45, 7) is 0.238. The third kappa shape index (κ3) is 4.19. The van der Waals surface area contributed by atoms with E-state index >= 15 is 0 Å². The van der Waals surface area contributed by atoms with Crippen LogP contribution in [0.1, 0.15) is 49.1 Å². The summed E-state index contributed by atoms with van der Waals surface area (Å²) in [6, 6.07) is 16.0. The Morgan fingerprint density at radius 2 is 1.55 bits per heavy atom. The first-order chi connectivity index (χ1) is 16.0. The zero-order valence-corrected chi connectivity index (χ0v) is 18.3. The Morgan fingerprint density at radius 3 is 2.18 bits per heavy atom. The van der Waals surface area contributed by atoms with Crippen LogP contribution in [0.3, 0.4) is 0 Å². The number of rotatable bonds is 6. The second-order valence-corrected chi connectivity index (χ2v) is 9.33. The van der Waals surface area contributed by atoms with E-state index in [2.05, 4.69) is 34.9 Å². The Morgan fingerprint density at radius 1 is 0.909 bits per heavy atom. The summed E-state index contributed by atoms with van der Waals surface area (Å²) in [6.07, 6.45) is 2.72. The Labute approximate surface area is 192 Å². The number of alkyl carbamates (subject to hydrolysis) is 1. The van der Waals surface area contributed by atoms with E-state index in [1.807, 2.05) is 24.3 Å². The van der Waals surface area contributed by atoms with Gasteiger partial charge in [-0.25, -0.2) is 4.79 Å². The molecule has 0 bridgehead atoms. The molecule has 2 unspecified atom stereocenters. The van der Waals surface area contributed by atoms with Crippen LogP contribution in [0.15, 0.2) is 48.5 Å². The maximum Gasteiger partial charge on any atom is 0.407 e. The molecule has 0 heterocycles. The molecule has 0 aromatic heterocycles. The lowest BCUT2D eigenvalue weighted by molar-refractivity contribution is -0.146. The molecule has 2 fully saturated rings. The van der Waals surface area contributed by atoms with Crippen molar-refractivity contribution in [3.8, 4) is 11.1 Å². The average Bonchev–Trinajstić information content (AvgIpc) is 3.36. The normalized spacial score (nSPS) is 25.5. The lowest BCUT2D eigenvalue weighted by Crippen LogP contribution is -2.51. The minimum Gasteiger partial charge on any atom is -0.481 e. The van der Waals surface area contributed by atoms with Gasteiger partial charge in [0, 0.05) is 18.0 Å². The Kier molecular flexibility index (Phi) is 5.79. The van der Waals surface area contributed by atoms with E-state index in [1.165, 1.54) is 11.1 Å². The third-order valence-electron chi connectivity index (χ3n) is 7.33. The number of carboxylic acid groups (broad SMARTS) is 1.